The molecule has 0 aliphatic rings. The maximum atomic E-state index is 13.2. The number of para-hydroxylation sites is 2. The Balaban J connectivity index is 1.36. The monoisotopic (exact) mass is 500 g/mol. The summed E-state index contributed by atoms with van der Waals surface area (Å²) in [7, 11) is 0. The van der Waals surface area contributed by atoms with Gasteiger partial charge in [0, 0.05) is 29.1 Å². The fraction of sp³-hybridized carbons (Fsp3) is 0.111. The molecule has 2 N–H and O–H groups in total. The van der Waals surface area contributed by atoms with Crippen molar-refractivity contribution in [1.82, 2.24) is 14.6 Å². The molecule has 36 heavy (non-hydrogen) atoms. The Kier molecular flexibility index (Phi) is 6.64. The number of thioether (sulfide) groups is 1. The predicted octanol–water partition coefficient (Wildman–Crippen LogP) is 4.69. The van der Waals surface area contributed by atoms with Crippen molar-refractivity contribution in [3.05, 3.63) is 106 Å². The highest BCUT2D eigenvalue weighted by atomic mass is 32.2. The van der Waals surface area contributed by atoms with E-state index in [-0.39, 0.29) is 29.0 Å². The van der Waals surface area contributed by atoms with Crippen LogP contribution in [0.1, 0.15) is 22.3 Å². The maximum absolute atomic E-state index is 13.2. The molecule has 0 aliphatic carbocycles. The minimum absolute atomic E-state index is 0.0401. The van der Waals surface area contributed by atoms with Crippen LogP contribution in [0.25, 0.3) is 21.8 Å². The van der Waals surface area contributed by atoms with Crippen LogP contribution in [-0.2, 0) is 11.2 Å². The number of benzene rings is 3. The summed E-state index contributed by atoms with van der Waals surface area (Å²) in [5.74, 6) is -1.08. The number of aromatic amines is 1. The number of hydrogen-bond donors (Lipinski definition) is 2. The van der Waals surface area contributed by atoms with Gasteiger partial charge >= 0.3 is 0 Å². The lowest BCUT2D eigenvalue weighted by molar-refractivity contribution is -0.117. The fourth-order valence-electron chi connectivity index (χ4n) is 3.92. The molecule has 180 valence electrons. The number of aromatic nitrogens is 3. The van der Waals surface area contributed by atoms with E-state index in [1.807, 2.05) is 30.5 Å². The lowest BCUT2D eigenvalue weighted by Gasteiger charge is -2.14. The Labute approximate surface area is 209 Å². The van der Waals surface area contributed by atoms with E-state index >= 15 is 0 Å². The van der Waals surface area contributed by atoms with Crippen molar-refractivity contribution < 1.29 is 14.0 Å². The van der Waals surface area contributed by atoms with Gasteiger partial charge in [0.05, 0.1) is 16.7 Å². The number of ketones is 1. The number of H-pyrrole nitrogens is 1. The van der Waals surface area contributed by atoms with Crippen molar-refractivity contribution in [2.24, 2.45) is 0 Å². The highest BCUT2D eigenvalue weighted by Gasteiger charge is 2.16. The summed E-state index contributed by atoms with van der Waals surface area (Å²) in [5, 5.41) is 1.59. The van der Waals surface area contributed by atoms with Gasteiger partial charge in [0.15, 0.2) is 10.9 Å². The summed E-state index contributed by atoms with van der Waals surface area (Å²) in [4.78, 5) is 46.4. The highest BCUT2D eigenvalue weighted by molar-refractivity contribution is 7.99. The van der Waals surface area contributed by atoms with E-state index < -0.39 is 11.4 Å². The van der Waals surface area contributed by atoms with Gasteiger partial charge in [0.1, 0.15) is 5.82 Å². The molecular weight excluding hydrogens is 479 g/mol. The van der Waals surface area contributed by atoms with Crippen molar-refractivity contribution in [2.45, 2.75) is 18.0 Å². The normalized spacial score (nSPS) is 11.1. The van der Waals surface area contributed by atoms with Crippen LogP contribution >= 0.6 is 11.8 Å². The molecule has 0 aliphatic heterocycles. The second-order valence-corrected chi connectivity index (χ2v) is 9.11. The van der Waals surface area contributed by atoms with Gasteiger partial charge in [-0.3, -0.25) is 19.8 Å². The number of carbonyl (C=O) groups excluding carboxylic acids is 2. The van der Waals surface area contributed by atoms with Crippen molar-refractivity contribution in [2.75, 3.05) is 11.2 Å². The average Bonchev–Trinajstić information content (AvgIpc) is 3.31. The zero-order valence-electron chi connectivity index (χ0n) is 19.0. The summed E-state index contributed by atoms with van der Waals surface area (Å²) in [6.45, 7) is 0. The first kappa shape index (κ1) is 23.5. The molecule has 7 nitrogen and oxygen atoms in total. The van der Waals surface area contributed by atoms with E-state index in [9.17, 15) is 18.8 Å². The van der Waals surface area contributed by atoms with Gasteiger partial charge in [0.25, 0.3) is 5.56 Å². The summed E-state index contributed by atoms with van der Waals surface area (Å²) in [6, 6.07) is 19.9. The van der Waals surface area contributed by atoms with Crippen molar-refractivity contribution in [3.8, 4) is 0 Å². The van der Waals surface area contributed by atoms with E-state index in [4.69, 9.17) is 0 Å². The minimum atomic E-state index is -0.433. The molecule has 3 aromatic carbocycles. The van der Waals surface area contributed by atoms with Gasteiger partial charge < -0.3 is 4.98 Å². The molecule has 2 aromatic heterocycles. The second kappa shape index (κ2) is 10.2. The number of carbonyl (C=O) groups is 2. The third kappa shape index (κ3) is 4.92. The Morgan fingerprint density at radius 1 is 0.972 bits per heavy atom. The van der Waals surface area contributed by atoms with Crippen LogP contribution < -0.4 is 11.0 Å². The Hall–Kier alpha value is -4.24. The Morgan fingerprint density at radius 2 is 1.69 bits per heavy atom. The number of aryl methyl sites for hydroxylation is 1. The van der Waals surface area contributed by atoms with E-state index in [0.29, 0.717) is 22.9 Å². The molecule has 0 radical (unpaired) electrons. The molecule has 0 atom stereocenters. The van der Waals surface area contributed by atoms with Gasteiger partial charge in [-0.05, 0) is 54.4 Å². The van der Waals surface area contributed by atoms with Crippen LogP contribution in [0.3, 0.4) is 0 Å². The molecule has 0 saturated carbocycles. The minimum Gasteiger partial charge on any atom is -0.361 e. The smallest absolute Gasteiger partial charge is 0.281 e. The second-order valence-electron chi connectivity index (χ2n) is 8.17. The molecule has 0 spiro atoms. The van der Waals surface area contributed by atoms with Crippen LogP contribution in [0.2, 0.25) is 0 Å². The number of halogens is 1. The number of rotatable bonds is 8. The van der Waals surface area contributed by atoms with Crippen LogP contribution in [0, 0.1) is 5.82 Å². The molecule has 0 fully saturated rings. The zero-order chi connectivity index (χ0) is 25.1. The molecule has 0 unspecified atom stereocenters. The summed E-state index contributed by atoms with van der Waals surface area (Å²) in [5.41, 5.74) is 5.04. The molecular formula is C27H21FN4O3S. The van der Waals surface area contributed by atoms with Crippen molar-refractivity contribution in [1.29, 1.82) is 0 Å². The number of hydrogen-bond acceptors (Lipinski definition) is 5. The van der Waals surface area contributed by atoms with Gasteiger partial charge in [-0.25, -0.2) is 9.37 Å². The molecule has 5 rings (SSSR count). The molecule has 2 heterocycles. The predicted molar refractivity (Wildman–Crippen MR) is 138 cm³/mol. The number of Topliss-reactive ketones (excluding diaryl/α,β-unsaturated/α-hetero) is 1. The third-order valence-corrected chi connectivity index (χ3v) is 6.71. The van der Waals surface area contributed by atoms with Crippen LogP contribution in [-0.4, -0.2) is 32.1 Å². The molecule has 5 aromatic rings. The zero-order valence-corrected chi connectivity index (χ0v) is 19.8. The van der Waals surface area contributed by atoms with Crippen molar-refractivity contribution in [3.63, 3.8) is 0 Å². The Morgan fingerprint density at radius 3 is 2.50 bits per heavy atom. The lowest BCUT2D eigenvalue weighted by atomic mass is 10.1. The first-order valence-electron chi connectivity index (χ1n) is 11.3. The summed E-state index contributed by atoms with van der Waals surface area (Å²) in [6.07, 6.45) is 2.51. The number of fused-ring (bicyclic) bond motifs is 2. The van der Waals surface area contributed by atoms with Crippen LogP contribution in [0.5, 0.6) is 0 Å². The van der Waals surface area contributed by atoms with Gasteiger partial charge in [0.2, 0.25) is 5.91 Å². The van der Waals surface area contributed by atoms with Gasteiger partial charge in [-0.1, -0.05) is 42.1 Å². The number of nitrogens with one attached hydrogen (secondary N) is 2. The van der Waals surface area contributed by atoms with Gasteiger partial charge in [-0.15, -0.1) is 0 Å². The largest absolute Gasteiger partial charge is 0.361 e. The molecule has 0 saturated heterocycles. The van der Waals surface area contributed by atoms with Crippen LogP contribution in [0.4, 0.5) is 4.39 Å². The number of nitrogens with zero attached hydrogens (tertiary/aromatic N) is 2. The molecule has 1 amide bonds. The Bertz CT molecular complexity index is 1640. The summed E-state index contributed by atoms with van der Waals surface area (Å²) < 4.78 is 14.3. The molecule has 9 heteroatoms. The highest BCUT2D eigenvalue weighted by Crippen LogP contribution is 2.20. The van der Waals surface area contributed by atoms with E-state index in [0.717, 1.165) is 32.9 Å². The standard InChI is InChI=1S/C27H21FN4O3S/c28-19-12-9-17(10-13-19)24(33)16-36-27-30-23-8-4-2-6-21(23)26(35)32(27)31-25(34)14-11-18-15-29-22-7-3-1-5-20(18)22/h1-10,12-13,15,29H,11,14,16H2,(H,31,34). The quantitative estimate of drug-likeness (QED) is 0.183. The van der Waals surface area contributed by atoms with Crippen LogP contribution in [0.15, 0.2) is 88.9 Å². The average molecular weight is 501 g/mol. The first-order valence-corrected chi connectivity index (χ1v) is 12.3. The third-order valence-electron chi connectivity index (χ3n) is 5.78. The van der Waals surface area contributed by atoms with E-state index in [1.165, 1.54) is 24.3 Å². The first-order chi connectivity index (χ1) is 17.5. The van der Waals surface area contributed by atoms with E-state index in [2.05, 4.69) is 15.4 Å². The maximum Gasteiger partial charge on any atom is 0.281 e. The number of amides is 1. The topological polar surface area (TPSA) is 96.8 Å². The van der Waals surface area contributed by atoms with Crippen molar-refractivity contribution >= 4 is 45.3 Å². The van der Waals surface area contributed by atoms with Gasteiger partial charge in [-0.2, -0.15) is 4.68 Å². The van der Waals surface area contributed by atoms with E-state index in [1.54, 1.807) is 24.3 Å². The molecule has 0 bridgehead atoms. The lowest BCUT2D eigenvalue weighted by Crippen LogP contribution is -2.35. The fourth-order valence-corrected chi connectivity index (χ4v) is 4.77. The summed E-state index contributed by atoms with van der Waals surface area (Å²) >= 11 is 1.03. The SMILES string of the molecule is O=C(CCc1c[nH]c2ccccc12)Nn1c(SCC(=O)c2ccc(F)cc2)nc2ccccc2c1=O.